The first-order valence-electron chi connectivity index (χ1n) is 9.65. The Kier molecular flexibility index (Phi) is 5.24. The summed E-state index contributed by atoms with van der Waals surface area (Å²) in [5.41, 5.74) is 0.169. The molecular weight excluding hydrogens is 320 g/mol. The van der Waals surface area contributed by atoms with Gasteiger partial charge < -0.3 is 23.7 Å². The van der Waals surface area contributed by atoms with Crippen LogP contribution >= 0.6 is 0 Å². The van der Waals surface area contributed by atoms with E-state index in [4.69, 9.17) is 13.9 Å². The topological polar surface area (TPSA) is 63.9 Å². The highest BCUT2D eigenvalue weighted by Crippen LogP contribution is 2.35. The molecule has 7 nitrogen and oxygen atoms in total. The first kappa shape index (κ1) is 17.2. The summed E-state index contributed by atoms with van der Waals surface area (Å²) >= 11 is 0. The van der Waals surface area contributed by atoms with Crippen molar-refractivity contribution in [3.05, 3.63) is 5.89 Å². The number of hydrogen-bond donors (Lipinski definition) is 0. The lowest BCUT2D eigenvalue weighted by Crippen LogP contribution is -2.51. The van der Waals surface area contributed by atoms with Crippen LogP contribution in [0.4, 0.5) is 6.01 Å². The van der Waals surface area contributed by atoms with Crippen LogP contribution in [0.15, 0.2) is 4.42 Å². The summed E-state index contributed by atoms with van der Waals surface area (Å²) in [4.78, 5) is 4.89. The molecule has 1 unspecified atom stereocenters. The van der Waals surface area contributed by atoms with E-state index in [0.717, 1.165) is 52.0 Å². The number of aryl methyl sites for hydroxylation is 1. The Balaban J connectivity index is 1.43. The number of likely N-dealkylation sites (tertiary alicyclic amines) is 1. The van der Waals surface area contributed by atoms with Crippen LogP contribution in [0, 0.1) is 18.3 Å². The third-order valence-corrected chi connectivity index (χ3v) is 5.82. The molecule has 0 radical (unpaired) electrons. The molecule has 1 aromatic rings. The lowest BCUT2D eigenvalue weighted by molar-refractivity contribution is -0.00288. The van der Waals surface area contributed by atoms with Gasteiger partial charge in [-0.15, -0.1) is 5.10 Å². The van der Waals surface area contributed by atoms with E-state index in [0.29, 0.717) is 11.9 Å². The number of piperidine rings is 1. The zero-order chi connectivity index (χ0) is 17.1. The van der Waals surface area contributed by atoms with E-state index in [-0.39, 0.29) is 5.41 Å². The van der Waals surface area contributed by atoms with E-state index in [1.165, 1.54) is 38.8 Å². The molecule has 1 spiro atoms. The van der Waals surface area contributed by atoms with Crippen molar-refractivity contribution >= 4 is 6.01 Å². The second kappa shape index (κ2) is 7.60. The number of hydrogen-bond acceptors (Lipinski definition) is 7. The van der Waals surface area contributed by atoms with Crippen molar-refractivity contribution in [1.82, 2.24) is 15.1 Å². The quantitative estimate of drug-likeness (QED) is 0.822. The van der Waals surface area contributed by atoms with E-state index in [2.05, 4.69) is 20.0 Å². The van der Waals surface area contributed by atoms with Crippen molar-refractivity contribution in [2.24, 2.45) is 11.3 Å². The van der Waals surface area contributed by atoms with Gasteiger partial charge in [-0.25, -0.2) is 0 Å². The summed E-state index contributed by atoms with van der Waals surface area (Å²) in [6, 6.07) is 0.643. The highest BCUT2D eigenvalue weighted by molar-refractivity contribution is 5.25. The van der Waals surface area contributed by atoms with Crippen LogP contribution in [0.25, 0.3) is 0 Å². The van der Waals surface area contributed by atoms with Gasteiger partial charge in [-0.1, -0.05) is 5.10 Å². The van der Waals surface area contributed by atoms with Crippen LogP contribution in [0.1, 0.15) is 31.6 Å². The fourth-order valence-electron chi connectivity index (χ4n) is 4.58. The third-order valence-electron chi connectivity index (χ3n) is 5.82. The number of aromatic nitrogens is 2. The van der Waals surface area contributed by atoms with E-state index in [1.54, 1.807) is 0 Å². The molecular formula is C18H30N4O3. The fourth-order valence-corrected chi connectivity index (χ4v) is 4.58. The van der Waals surface area contributed by atoms with Crippen LogP contribution in [0.3, 0.4) is 0 Å². The van der Waals surface area contributed by atoms with Crippen molar-refractivity contribution in [1.29, 1.82) is 0 Å². The van der Waals surface area contributed by atoms with Crippen LogP contribution in [-0.2, 0) is 9.47 Å². The maximum absolute atomic E-state index is 6.01. The van der Waals surface area contributed by atoms with Crippen LogP contribution in [0.5, 0.6) is 0 Å². The third kappa shape index (κ3) is 4.15. The molecule has 140 valence electrons. The molecule has 3 saturated heterocycles. The van der Waals surface area contributed by atoms with E-state index >= 15 is 0 Å². The number of ether oxygens (including phenoxy) is 2. The molecule has 0 aliphatic carbocycles. The molecule has 0 amide bonds. The maximum atomic E-state index is 6.01. The maximum Gasteiger partial charge on any atom is 0.318 e. The molecule has 0 bridgehead atoms. The summed E-state index contributed by atoms with van der Waals surface area (Å²) in [6.07, 6.45) is 4.85. The minimum Gasteiger partial charge on any atom is -0.408 e. The van der Waals surface area contributed by atoms with Gasteiger partial charge in [0.2, 0.25) is 5.89 Å². The monoisotopic (exact) mass is 350 g/mol. The minimum absolute atomic E-state index is 0.169. The molecule has 25 heavy (non-hydrogen) atoms. The number of anilines is 1. The minimum atomic E-state index is 0.169. The van der Waals surface area contributed by atoms with Crippen molar-refractivity contribution < 1.29 is 13.9 Å². The Morgan fingerprint density at radius 3 is 2.76 bits per heavy atom. The Hall–Kier alpha value is -1.18. The molecule has 1 atom stereocenters. The lowest BCUT2D eigenvalue weighted by Gasteiger charge is -2.44. The fraction of sp³-hybridized carbons (Fsp3) is 0.889. The Labute approximate surface area is 149 Å². The van der Waals surface area contributed by atoms with E-state index < -0.39 is 0 Å². The Bertz CT molecular complexity index is 560. The lowest BCUT2D eigenvalue weighted by atomic mass is 9.79. The highest BCUT2D eigenvalue weighted by atomic mass is 16.5. The molecule has 0 saturated carbocycles. The van der Waals surface area contributed by atoms with Gasteiger partial charge >= 0.3 is 6.01 Å². The van der Waals surface area contributed by atoms with Crippen molar-refractivity contribution in [2.45, 2.75) is 32.6 Å². The van der Waals surface area contributed by atoms with E-state index in [9.17, 15) is 0 Å². The predicted molar refractivity (Wildman–Crippen MR) is 93.7 cm³/mol. The van der Waals surface area contributed by atoms with E-state index in [1.807, 2.05) is 6.92 Å². The van der Waals surface area contributed by atoms with Crippen LogP contribution < -0.4 is 4.90 Å². The molecule has 3 aliphatic rings. The molecule has 3 aliphatic heterocycles. The summed E-state index contributed by atoms with van der Waals surface area (Å²) in [7, 11) is 0. The van der Waals surface area contributed by atoms with Crippen molar-refractivity contribution in [3.63, 3.8) is 0 Å². The zero-order valence-electron chi connectivity index (χ0n) is 15.3. The molecule has 3 fully saturated rings. The van der Waals surface area contributed by atoms with Crippen molar-refractivity contribution in [2.75, 3.05) is 64.1 Å². The van der Waals surface area contributed by atoms with Gasteiger partial charge in [-0.3, -0.25) is 0 Å². The van der Waals surface area contributed by atoms with Crippen molar-refractivity contribution in [3.8, 4) is 0 Å². The summed E-state index contributed by atoms with van der Waals surface area (Å²) in [5.74, 6) is 1.41. The first-order valence-corrected chi connectivity index (χ1v) is 9.65. The smallest absolute Gasteiger partial charge is 0.318 e. The van der Waals surface area contributed by atoms with Crippen LogP contribution in [0.2, 0.25) is 0 Å². The van der Waals surface area contributed by atoms with Gasteiger partial charge in [0.1, 0.15) is 0 Å². The molecule has 4 rings (SSSR count). The highest BCUT2D eigenvalue weighted by Gasteiger charge is 2.40. The average molecular weight is 350 g/mol. The second-order valence-corrected chi connectivity index (χ2v) is 7.97. The molecule has 4 heterocycles. The Morgan fingerprint density at radius 1 is 1.08 bits per heavy atom. The molecule has 7 heteroatoms. The zero-order valence-corrected chi connectivity index (χ0v) is 15.3. The summed E-state index contributed by atoms with van der Waals surface area (Å²) < 4.78 is 17.2. The van der Waals surface area contributed by atoms with Crippen LogP contribution in [-0.4, -0.2) is 74.2 Å². The number of rotatable bonds is 3. The summed E-state index contributed by atoms with van der Waals surface area (Å²) in [5, 5.41) is 8.22. The van der Waals surface area contributed by atoms with Gasteiger partial charge in [0.15, 0.2) is 0 Å². The Morgan fingerprint density at radius 2 is 1.96 bits per heavy atom. The predicted octanol–water partition coefficient (Wildman–Crippen LogP) is 1.72. The largest absolute Gasteiger partial charge is 0.408 e. The number of nitrogens with zero attached hydrogens (tertiary/aromatic N) is 4. The first-order chi connectivity index (χ1) is 12.2. The molecule has 0 aromatic carbocycles. The normalized spacial score (nSPS) is 29.9. The summed E-state index contributed by atoms with van der Waals surface area (Å²) in [6.45, 7) is 10.5. The van der Waals surface area contributed by atoms with Gasteiger partial charge in [0.25, 0.3) is 0 Å². The standard InChI is InChI=1S/C18H30N4O3/c1-15-19-20-17(25-15)22-7-10-24-14-18(13-22)5-2-6-21(12-18)11-16-3-8-23-9-4-16/h16H,2-14H2,1H3. The van der Waals surface area contributed by atoms with Gasteiger partial charge in [0.05, 0.1) is 13.2 Å². The molecule has 1 aromatic heterocycles. The average Bonchev–Trinajstić information content (AvgIpc) is 2.95. The SMILES string of the molecule is Cc1nnc(N2CCOCC3(CCCN(CC4CCOCC4)C3)C2)o1. The second-order valence-electron chi connectivity index (χ2n) is 7.97. The van der Waals surface area contributed by atoms with Gasteiger partial charge in [0, 0.05) is 51.7 Å². The van der Waals surface area contributed by atoms with Gasteiger partial charge in [-0.2, -0.15) is 0 Å². The molecule has 0 N–H and O–H groups in total. The van der Waals surface area contributed by atoms with Gasteiger partial charge in [-0.05, 0) is 38.1 Å².